The fraction of sp³-hybridized carbons (Fsp3) is 0.364. The van der Waals surface area contributed by atoms with Crippen molar-refractivity contribution in [2.24, 2.45) is 0 Å². The van der Waals surface area contributed by atoms with Crippen LogP contribution in [-0.4, -0.2) is 21.1 Å². The first-order valence-electron chi connectivity index (χ1n) is 4.62. The maximum Gasteiger partial charge on any atom is 0.159 e. The van der Waals surface area contributed by atoms with Crippen molar-refractivity contribution in [1.82, 2.24) is 0 Å². The third-order valence-electron chi connectivity index (χ3n) is 2.34. The number of Topliss-reactive ketones (excluding diaryl/α,β-unsaturated/α-hetero) is 1. The number of hydrogen-bond donors (Lipinski definition) is 3. The van der Waals surface area contributed by atoms with Gasteiger partial charge in [0.25, 0.3) is 0 Å². The van der Waals surface area contributed by atoms with Crippen molar-refractivity contribution in [2.45, 2.75) is 26.7 Å². The van der Waals surface area contributed by atoms with Gasteiger partial charge in [0.2, 0.25) is 0 Å². The first-order valence-corrected chi connectivity index (χ1v) is 4.62. The topological polar surface area (TPSA) is 77.8 Å². The van der Waals surface area contributed by atoms with Gasteiger partial charge in [0.1, 0.15) is 0 Å². The summed E-state index contributed by atoms with van der Waals surface area (Å²) in [7, 11) is 0. The highest BCUT2D eigenvalue weighted by atomic mass is 16.3. The van der Waals surface area contributed by atoms with Gasteiger partial charge in [0.15, 0.2) is 5.78 Å². The first-order chi connectivity index (χ1) is 7.13. The van der Waals surface area contributed by atoms with Crippen LogP contribution in [0.15, 0.2) is 12.1 Å². The second-order valence-corrected chi connectivity index (χ2v) is 3.30. The molecule has 4 nitrogen and oxygen atoms in total. The van der Waals surface area contributed by atoms with Crippen LogP contribution >= 0.6 is 0 Å². The molecule has 4 heteroatoms. The lowest BCUT2D eigenvalue weighted by molar-refractivity contribution is 0.101. The number of carbonyl (C=O) groups is 1. The zero-order chi connectivity index (χ0) is 11.4. The minimum atomic E-state index is -0.260. The van der Waals surface area contributed by atoms with Crippen molar-refractivity contribution in [3.05, 3.63) is 34.4 Å². The Labute approximate surface area is 87.8 Å². The summed E-state index contributed by atoms with van der Waals surface area (Å²) in [6, 6.07) is 3.07. The van der Waals surface area contributed by atoms with E-state index in [1.54, 1.807) is 0 Å². The predicted molar refractivity (Wildman–Crippen MR) is 54.2 cm³/mol. The number of aliphatic hydroxyl groups excluding tert-OH is 3. The SMILES string of the molecule is CC(=O)c1cc(CO)c(CO)c(CO)c1. The van der Waals surface area contributed by atoms with Gasteiger partial charge in [-0.3, -0.25) is 4.79 Å². The van der Waals surface area contributed by atoms with Gasteiger partial charge < -0.3 is 15.3 Å². The minimum Gasteiger partial charge on any atom is -0.392 e. The van der Waals surface area contributed by atoms with Crippen molar-refractivity contribution in [2.75, 3.05) is 0 Å². The predicted octanol–water partition coefficient (Wildman–Crippen LogP) is 0.366. The van der Waals surface area contributed by atoms with E-state index in [0.29, 0.717) is 22.3 Å². The average Bonchev–Trinajstić information content (AvgIpc) is 2.26. The minimum absolute atomic E-state index is 0.135. The molecule has 0 bridgehead atoms. The summed E-state index contributed by atoms with van der Waals surface area (Å²) in [6.07, 6.45) is 0. The number of carbonyl (C=O) groups excluding carboxylic acids is 1. The standard InChI is InChI=1S/C11H14O4/c1-7(15)8-2-9(4-12)11(6-14)10(3-8)5-13/h2-3,12-14H,4-6H2,1H3. The van der Waals surface area contributed by atoms with Crippen molar-refractivity contribution in [3.8, 4) is 0 Å². The van der Waals surface area contributed by atoms with Crippen molar-refractivity contribution >= 4 is 5.78 Å². The third-order valence-corrected chi connectivity index (χ3v) is 2.34. The molecule has 82 valence electrons. The largest absolute Gasteiger partial charge is 0.392 e. The van der Waals surface area contributed by atoms with E-state index >= 15 is 0 Å². The molecule has 0 unspecified atom stereocenters. The van der Waals surface area contributed by atoms with Gasteiger partial charge >= 0.3 is 0 Å². The number of benzene rings is 1. The molecule has 0 aliphatic heterocycles. The van der Waals surface area contributed by atoms with Gasteiger partial charge in [-0.2, -0.15) is 0 Å². The molecule has 3 N–H and O–H groups in total. The monoisotopic (exact) mass is 210 g/mol. The van der Waals surface area contributed by atoms with Crippen LogP contribution in [0.25, 0.3) is 0 Å². The molecule has 0 saturated carbocycles. The van der Waals surface area contributed by atoms with Crippen LogP contribution in [0, 0.1) is 0 Å². The van der Waals surface area contributed by atoms with Crippen molar-refractivity contribution in [3.63, 3.8) is 0 Å². The summed E-state index contributed by atoms with van der Waals surface area (Å²) < 4.78 is 0. The molecule has 0 atom stereocenters. The Bertz CT molecular complexity index is 346. The molecule has 0 heterocycles. The van der Waals surface area contributed by atoms with Crippen LogP contribution < -0.4 is 0 Å². The van der Waals surface area contributed by atoms with E-state index in [-0.39, 0.29) is 25.6 Å². The Morgan fingerprint density at radius 1 is 1.07 bits per heavy atom. The number of rotatable bonds is 4. The zero-order valence-electron chi connectivity index (χ0n) is 8.53. The molecule has 0 spiro atoms. The molecule has 1 rings (SSSR count). The van der Waals surface area contributed by atoms with Crippen LogP contribution in [0.5, 0.6) is 0 Å². The number of hydrogen-bond acceptors (Lipinski definition) is 4. The first kappa shape index (κ1) is 11.8. The Morgan fingerprint density at radius 2 is 1.53 bits per heavy atom. The summed E-state index contributed by atoms with van der Waals surface area (Å²) >= 11 is 0. The van der Waals surface area contributed by atoms with E-state index in [2.05, 4.69) is 0 Å². The van der Waals surface area contributed by atoms with Gasteiger partial charge in [-0.1, -0.05) is 0 Å². The van der Waals surface area contributed by atoms with Crippen LogP contribution in [0.2, 0.25) is 0 Å². The summed E-state index contributed by atoms with van der Waals surface area (Å²) in [4.78, 5) is 11.2. The Morgan fingerprint density at radius 3 is 1.80 bits per heavy atom. The Hall–Kier alpha value is -1.23. The Balaban J connectivity index is 3.35. The molecule has 0 aliphatic rings. The second-order valence-electron chi connectivity index (χ2n) is 3.30. The van der Waals surface area contributed by atoms with Crippen LogP contribution in [0.4, 0.5) is 0 Å². The fourth-order valence-electron chi connectivity index (χ4n) is 1.49. The maximum absolute atomic E-state index is 11.2. The molecule has 15 heavy (non-hydrogen) atoms. The number of aliphatic hydroxyl groups is 3. The summed E-state index contributed by atoms with van der Waals surface area (Å²) in [5.74, 6) is -0.135. The smallest absolute Gasteiger partial charge is 0.159 e. The van der Waals surface area contributed by atoms with Gasteiger partial charge in [-0.25, -0.2) is 0 Å². The fourth-order valence-corrected chi connectivity index (χ4v) is 1.49. The van der Waals surface area contributed by atoms with Crippen LogP contribution in [-0.2, 0) is 19.8 Å². The molecule has 0 radical (unpaired) electrons. The quantitative estimate of drug-likeness (QED) is 0.627. The van der Waals surface area contributed by atoms with E-state index < -0.39 is 0 Å². The second kappa shape index (κ2) is 5.02. The molecular weight excluding hydrogens is 196 g/mol. The molecule has 0 aromatic heterocycles. The molecule has 0 saturated heterocycles. The highest BCUT2D eigenvalue weighted by molar-refractivity contribution is 5.94. The van der Waals surface area contributed by atoms with E-state index in [9.17, 15) is 4.79 Å². The third kappa shape index (κ3) is 2.41. The maximum atomic E-state index is 11.2. The van der Waals surface area contributed by atoms with Gasteiger partial charge in [-0.15, -0.1) is 0 Å². The average molecular weight is 210 g/mol. The molecule has 0 amide bonds. The highest BCUT2D eigenvalue weighted by Crippen LogP contribution is 2.19. The van der Waals surface area contributed by atoms with Gasteiger partial charge in [-0.05, 0) is 35.7 Å². The lowest BCUT2D eigenvalue weighted by Crippen LogP contribution is -2.05. The lowest BCUT2D eigenvalue weighted by Gasteiger charge is -2.11. The lowest BCUT2D eigenvalue weighted by atomic mass is 9.97. The molecule has 0 fully saturated rings. The normalized spacial score (nSPS) is 10.4. The highest BCUT2D eigenvalue weighted by Gasteiger charge is 2.11. The summed E-state index contributed by atoms with van der Waals surface area (Å²) in [5, 5.41) is 27.2. The van der Waals surface area contributed by atoms with E-state index in [1.165, 1.54) is 19.1 Å². The molecule has 1 aromatic carbocycles. The van der Waals surface area contributed by atoms with Crippen LogP contribution in [0.1, 0.15) is 34.0 Å². The summed E-state index contributed by atoms with van der Waals surface area (Å²) in [6.45, 7) is 0.633. The molecule has 0 aliphatic carbocycles. The zero-order valence-corrected chi connectivity index (χ0v) is 8.53. The van der Waals surface area contributed by atoms with Crippen molar-refractivity contribution in [1.29, 1.82) is 0 Å². The van der Waals surface area contributed by atoms with Gasteiger partial charge in [0, 0.05) is 5.56 Å². The van der Waals surface area contributed by atoms with Gasteiger partial charge in [0.05, 0.1) is 19.8 Å². The van der Waals surface area contributed by atoms with Crippen LogP contribution in [0.3, 0.4) is 0 Å². The van der Waals surface area contributed by atoms with E-state index in [0.717, 1.165) is 0 Å². The van der Waals surface area contributed by atoms with E-state index in [1.807, 2.05) is 0 Å². The molecular formula is C11H14O4. The van der Waals surface area contributed by atoms with E-state index in [4.69, 9.17) is 15.3 Å². The Kier molecular flexibility index (Phi) is 3.96. The summed E-state index contributed by atoms with van der Waals surface area (Å²) in [5.41, 5.74) is 1.88. The molecule has 1 aromatic rings. The number of ketones is 1. The van der Waals surface area contributed by atoms with Crippen molar-refractivity contribution < 1.29 is 20.1 Å².